The highest BCUT2D eigenvalue weighted by atomic mass is 16.3. The van der Waals surface area contributed by atoms with E-state index in [1.54, 1.807) is 0 Å². The van der Waals surface area contributed by atoms with Gasteiger partial charge in [-0.1, -0.05) is 50.5 Å². The molecule has 1 rings (SSSR count). The molecule has 152 valence electrons. The summed E-state index contributed by atoms with van der Waals surface area (Å²) < 4.78 is 0. The van der Waals surface area contributed by atoms with Crippen molar-refractivity contribution in [2.75, 3.05) is 20.6 Å². The molecule has 0 bridgehead atoms. The van der Waals surface area contributed by atoms with Crippen LogP contribution in [-0.4, -0.2) is 59.2 Å². The Labute approximate surface area is 160 Å². The fourth-order valence-electron chi connectivity index (χ4n) is 3.72. The van der Waals surface area contributed by atoms with Crippen molar-refractivity contribution in [2.45, 2.75) is 83.0 Å². The van der Waals surface area contributed by atoms with Crippen LogP contribution in [0.1, 0.15) is 64.7 Å². The molecule has 0 aliphatic heterocycles. The molecule has 0 saturated heterocycles. The predicted octanol–water partition coefficient (Wildman–Crippen LogP) is 3.52. The first kappa shape index (κ1) is 23.4. The number of hydrogen-bond donors (Lipinski definition) is 3. The van der Waals surface area contributed by atoms with Gasteiger partial charge >= 0.3 is 0 Å². The molecule has 0 heterocycles. The van der Waals surface area contributed by atoms with Gasteiger partial charge in [0.25, 0.3) is 0 Å². The number of aliphatic hydroxyl groups excluding tert-OH is 3. The summed E-state index contributed by atoms with van der Waals surface area (Å²) in [6, 6.07) is 0. The van der Waals surface area contributed by atoms with Gasteiger partial charge < -0.3 is 20.2 Å². The third kappa shape index (κ3) is 9.31. The number of hydrogen-bond acceptors (Lipinski definition) is 4. The van der Waals surface area contributed by atoms with Crippen LogP contribution in [0, 0.1) is 11.8 Å². The molecule has 1 unspecified atom stereocenters. The number of rotatable bonds is 13. The highest BCUT2D eigenvalue weighted by Gasteiger charge is 2.39. The van der Waals surface area contributed by atoms with Crippen molar-refractivity contribution in [2.24, 2.45) is 11.8 Å². The van der Waals surface area contributed by atoms with Gasteiger partial charge in [-0.25, -0.2) is 0 Å². The average molecular weight is 368 g/mol. The molecule has 1 saturated carbocycles. The van der Waals surface area contributed by atoms with Crippen molar-refractivity contribution in [3.63, 3.8) is 0 Å². The van der Waals surface area contributed by atoms with Crippen molar-refractivity contribution >= 4 is 0 Å². The molecule has 3 N–H and O–H groups in total. The van der Waals surface area contributed by atoms with Crippen molar-refractivity contribution in [1.82, 2.24) is 4.90 Å². The van der Waals surface area contributed by atoms with Gasteiger partial charge in [-0.05, 0) is 58.7 Å². The summed E-state index contributed by atoms with van der Waals surface area (Å²) >= 11 is 0. The van der Waals surface area contributed by atoms with Gasteiger partial charge in [0.1, 0.15) is 0 Å². The maximum atomic E-state index is 10.3. The predicted molar refractivity (Wildman–Crippen MR) is 109 cm³/mol. The van der Waals surface area contributed by atoms with E-state index in [1.807, 2.05) is 12.2 Å². The molecule has 0 aromatic heterocycles. The number of aliphatic hydroxyl groups is 3. The molecule has 26 heavy (non-hydrogen) atoms. The Balaban J connectivity index is 2.41. The van der Waals surface area contributed by atoms with E-state index in [1.165, 1.54) is 12.8 Å². The van der Waals surface area contributed by atoms with E-state index in [9.17, 15) is 15.3 Å². The van der Waals surface area contributed by atoms with E-state index >= 15 is 0 Å². The molecule has 5 atom stereocenters. The zero-order valence-corrected chi connectivity index (χ0v) is 17.1. The molecule has 0 amide bonds. The van der Waals surface area contributed by atoms with Crippen molar-refractivity contribution in [3.8, 4) is 0 Å². The summed E-state index contributed by atoms with van der Waals surface area (Å²) in [4.78, 5) is 2.20. The summed E-state index contributed by atoms with van der Waals surface area (Å²) in [5.74, 6) is -0.0219. The van der Waals surface area contributed by atoms with Crippen LogP contribution in [0.15, 0.2) is 24.3 Å². The van der Waals surface area contributed by atoms with Crippen molar-refractivity contribution < 1.29 is 15.3 Å². The largest absolute Gasteiger partial charge is 0.393 e. The first-order chi connectivity index (χ1) is 12.5. The summed E-state index contributed by atoms with van der Waals surface area (Å²) in [5.41, 5.74) is 0. The van der Waals surface area contributed by atoms with Crippen LogP contribution >= 0.6 is 0 Å². The zero-order chi connectivity index (χ0) is 19.4. The lowest BCUT2D eigenvalue weighted by atomic mass is 9.89. The van der Waals surface area contributed by atoms with Gasteiger partial charge in [0.05, 0.1) is 18.3 Å². The van der Waals surface area contributed by atoms with E-state index in [2.05, 4.69) is 38.1 Å². The van der Waals surface area contributed by atoms with Gasteiger partial charge in [-0.15, -0.1) is 0 Å². The quantitative estimate of drug-likeness (QED) is 0.344. The highest BCUT2D eigenvalue weighted by Crippen LogP contribution is 2.36. The molecule has 0 aromatic carbocycles. The van der Waals surface area contributed by atoms with Crippen LogP contribution in [0.25, 0.3) is 0 Å². The lowest BCUT2D eigenvalue weighted by Gasteiger charge is -2.19. The van der Waals surface area contributed by atoms with Crippen LogP contribution in [0.4, 0.5) is 0 Å². The normalized spacial score (nSPS) is 28.0. The number of unbranched alkanes of at least 4 members (excludes halogenated alkanes) is 4. The Hall–Kier alpha value is -0.680. The molecule has 0 aromatic rings. The second-order valence-corrected chi connectivity index (χ2v) is 8.07. The molecule has 4 heteroatoms. The first-order valence-corrected chi connectivity index (χ1v) is 10.5. The number of allylic oxidation sites excluding steroid dienone is 2. The van der Waals surface area contributed by atoms with Crippen molar-refractivity contribution in [1.29, 1.82) is 0 Å². The molecule has 1 aliphatic carbocycles. The van der Waals surface area contributed by atoms with Gasteiger partial charge in [-0.2, -0.15) is 0 Å². The van der Waals surface area contributed by atoms with Gasteiger partial charge in [0.15, 0.2) is 0 Å². The van der Waals surface area contributed by atoms with Crippen LogP contribution in [0.5, 0.6) is 0 Å². The van der Waals surface area contributed by atoms with Crippen LogP contribution < -0.4 is 0 Å². The fraction of sp³-hybridized carbons (Fsp3) is 0.818. The fourth-order valence-corrected chi connectivity index (χ4v) is 3.72. The Morgan fingerprint density at radius 3 is 2.50 bits per heavy atom. The van der Waals surface area contributed by atoms with Gasteiger partial charge in [-0.3, -0.25) is 0 Å². The minimum Gasteiger partial charge on any atom is -0.393 e. The SMILES string of the molecule is CCCCC[C@H](O)/C=C/[C@@H]1C(C/C=C/CCCCN(C)C)[C@@H](O)C[C@H]1O. The van der Waals surface area contributed by atoms with Gasteiger partial charge in [0.2, 0.25) is 0 Å². The second kappa shape index (κ2) is 13.5. The minimum atomic E-state index is -0.511. The molecular weight excluding hydrogens is 326 g/mol. The van der Waals surface area contributed by atoms with Crippen LogP contribution in [0.2, 0.25) is 0 Å². The maximum Gasteiger partial charge on any atom is 0.0721 e. The monoisotopic (exact) mass is 367 g/mol. The average Bonchev–Trinajstić information content (AvgIpc) is 2.85. The topological polar surface area (TPSA) is 63.9 Å². The van der Waals surface area contributed by atoms with Crippen LogP contribution in [0.3, 0.4) is 0 Å². The Kier molecular flexibility index (Phi) is 12.1. The zero-order valence-electron chi connectivity index (χ0n) is 17.1. The Morgan fingerprint density at radius 2 is 1.81 bits per heavy atom. The van der Waals surface area contributed by atoms with Crippen LogP contribution in [-0.2, 0) is 0 Å². The van der Waals surface area contributed by atoms with Crippen molar-refractivity contribution in [3.05, 3.63) is 24.3 Å². The third-order valence-electron chi connectivity index (χ3n) is 5.38. The second-order valence-electron chi connectivity index (χ2n) is 8.07. The van der Waals surface area contributed by atoms with E-state index < -0.39 is 18.3 Å². The lowest BCUT2D eigenvalue weighted by Crippen LogP contribution is -2.20. The highest BCUT2D eigenvalue weighted by molar-refractivity contribution is 5.06. The Morgan fingerprint density at radius 1 is 1.04 bits per heavy atom. The molecule has 1 aliphatic rings. The maximum absolute atomic E-state index is 10.3. The smallest absolute Gasteiger partial charge is 0.0721 e. The summed E-state index contributed by atoms with van der Waals surface area (Å²) in [5, 5.41) is 30.6. The Bertz CT molecular complexity index is 408. The van der Waals surface area contributed by atoms with Gasteiger partial charge in [0, 0.05) is 12.3 Å². The molecular formula is C22H41NO3. The first-order valence-electron chi connectivity index (χ1n) is 10.5. The van der Waals surface area contributed by atoms with E-state index in [-0.39, 0.29) is 11.8 Å². The standard InChI is InChI=1S/C22H41NO3/c1-4-5-9-12-18(24)14-15-20-19(21(25)17-22(20)26)13-10-7-6-8-11-16-23(2)3/h7,10,14-15,18-22,24-26H,4-6,8-9,11-13,16-17H2,1-3H3/b10-7+,15-14+/t18-,19?,20+,21-,22+/m0/s1. The number of nitrogens with zero attached hydrogens (tertiary/aromatic N) is 1. The molecule has 4 nitrogen and oxygen atoms in total. The summed E-state index contributed by atoms with van der Waals surface area (Å²) in [6.45, 7) is 3.27. The summed E-state index contributed by atoms with van der Waals surface area (Å²) in [7, 11) is 4.19. The minimum absolute atomic E-state index is 0.0436. The molecule has 0 spiro atoms. The summed E-state index contributed by atoms with van der Waals surface area (Å²) in [6.07, 6.45) is 15.4. The van der Waals surface area contributed by atoms with E-state index in [0.717, 1.165) is 45.1 Å². The third-order valence-corrected chi connectivity index (χ3v) is 5.38. The van der Waals surface area contributed by atoms with E-state index in [4.69, 9.17) is 0 Å². The lowest BCUT2D eigenvalue weighted by molar-refractivity contribution is 0.120. The molecule has 0 radical (unpaired) electrons. The van der Waals surface area contributed by atoms with E-state index in [0.29, 0.717) is 6.42 Å². The molecule has 1 fully saturated rings.